The van der Waals surface area contributed by atoms with Crippen molar-refractivity contribution in [3.8, 4) is 0 Å². The minimum Gasteiger partial charge on any atom is -0.370 e. The van der Waals surface area contributed by atoms with E-state index in [1.54, 1.807) is 12.1 Å². The van der Waals surface area contributed by atoms with E-state index in [0.29, 0.717) is 19.6 Å². The first kappa shape index (κ1) is 19.1. The molecular formula is C20H25FN2O2. The van der Waals surface area contributed by atoms with Gasteiger partial charge in [-0.25, -0.2) is 9.18 Å². The van der Waals surface area contributed by atoms with E-state index in [1.807, 2.05) is 39.0 Å². The van der Waals surface area contributed by atoms with Gasteiger partial charge in [0, 0.05) is 13.1 Å². The van der Waals surface area contributed by atoms with Gasteiger partial charge in [0.2, 0.25) is 0 Å². The fourth-order valence-corrected chi connectivity index (χ4v) is 2.14. The molecule has 2 aromatic rings. The first-order chi connectivity index (χ1) is 11.8. The lowest BCUT2D eigenvalue weighted by molar-refractivity contribution is -0.161. The Kier molecular flexibility index (Phi) is 6.67. The first-order valence-corrected chi connectivity index (χ1v) is 8.32. The minimum atomic E-state index is -0.529. The van der Waals surface area contributed by atoms with Crippen molar-refractivity contribution in [2.75, 3.05) is 0 Å². The molecule has 2 rings (SSSR count). The van der Waals surface area contributed by atoms with E-state index in [-0.39, 0.29) is 11.8 Å². The molecule has 0 unspecified atom stereocenters. The van der Waals surface area contributed by atoms with Crippen molar-refractivity contribution in [3.05, 3.63) is 71.0 Å². The minimum absolute atomic E-state index is 0.226. The highest BCUT2D eigenvalue weighted by Crippen LogP contribution is 2.14. The molecule has 25 heavy (non-hydrogen) atoms. The van der Waals surface area contributed by atoms with Gasteiger partial charge in [-0.05, 0) is 49.6 Å². The predicted octanol–water partition coefficient (Wildman–Crippen LogP) is 3.71. The Balaban J connectivity index is 1.78. The average Bonchev–Trinajstić information content (AvgIpc) is 2.56. The van der Waals surface area contributed by atoms with Crippen molar-refractivity contribution in [2.24, 2.45) is 5.41 Å². The molecule has 2 N–H and O–H groups in total. The number of benzene rings is 2. The normalized spacial score (nSPS) is 11.4. The van der Waals surface area contributed by atoms with Crippen LogP contribution in [0.15, 0.2) is 48.5 Å². The van der Waals surface area contributed by atoms with E-state index in [1.165, 1.54) is 12.1 Å². The molecule has 0 heterocycles. The summed E-state index contributed by atoms with van der Waals surface area (Å²) in [7, 11) is 0. The zero-order chi connectivity index (χ0) is 18.3. The standard InChI is InChI=1S/C20H25FN2O2/c1-20(2,3)19(24)25-23-14-17-6-4-5-16(11-17)13-22-12-15-7-9-18(21)10-8-15/h4-11,22-23H,12-14H2,1-3H3. The molecule has 134 valence electrons. The van der Waals surface area contributed by atoms with E-state index in [0.717, 1.165) is 16.7 Å². The fourth-order valence-electron chi connectivity index (χ4n) is 2.14. The topological polar surface area (TPSA) is 50.4 Å². The second kappa shape index (κ2) is 8.74. The van der Waals surface area contributed by atoms with Crippen LogP contribution < -0.4 is 10.8 Å². The first-order valence-electron chi connectivity index (χ1n) is 8.32. The average molecular weight is 344 g/mol. The molecule has 0 aromatic heterocycles. The monoisotopic (exact) mass is 344 g/mol. The third kappa shape index (κ3) is 6.64. The second-order valence-electron chi connectivity index (χ2n) is 7.01. The second-order valence-corrected chi connectivity index (χ2v) is 7.01. The van der Waals surface area contributed by atoms with Crippen LogP contribution in [-0.2, 0) is 29.3 Å². The van der Waals surface area contributed by atoms with Gasteiger partial charge in [-0.2, -0.15) is 0 Å². The van der Waals surface area contributed by atoms with Crippen LogP contribution in [0.5, 0.6) is 0 Å². The van der Waals surface area contributed by atoms with Crippen molar-refractivity contribution in [2.45, 2.75) is 40.4 Å². The van der Waals surface area contributed by atoms with Crippen LogP contribution >= 0.6 is 0 Å². The molecule has 0 aliphatic carbocycles. The Hall–Kier alpha value is -2.24. The summed E-state index contributed by atoms with van der Waals surface area (Å²) in [5.74, 6) is -0.513. The summed E-state index contributed by atoms with van der Waals surface area (Å²) in [6.07, 6.45) is 0. The van der Waals surface area contributed by atoms with Gasteiger partial charge in [0.15, 0.2) is 0 Å². The fraction of sp³-hybridized carbons (Fsp3) is 0.350. The number of hydrogen-bond donors (Lipinski definition) is 2. The van der Waals surface area contributed by atoms with Crippen molar-refractivity contribution in [1.82, 2.24) is 10.8 Å². The zero-order valence-electron chi connectivity index (χ0n) is 14.9. The maximum Gasteiger partial charge on any atom is 0.329 e. The smallest absolute Gasteiger partial charge is 0.329 e. The molecule has 0 aliphatic rings. The highest BCUT2D eigenvalue weighted by molar-refractivity contribution is 5.75. The predicted molar refractivity (Wildman–Crippen MR) is 95.8 cm³/mol. The summed E-state index contributed by atoms with van der Waals surface area (Å²) < 4.78 is 12.9. The van der Waals surface area contributed by atoms with E-state index in [4.69, 9.17) is 4.84 Å². The molecule has 4 nitrogen and oxygen atoms in total. The molecule has 2 aromatic carbocycles. The number of nitrogens with one attached hydrogen (secondary N) is 2. The quantitative estimate of drug-likeness (QED) is 0.752. The van der Waals surface area contributed by atoms with Crippen molar-refractivity contribution < 1.29 is 14.0 Å². The molecule has 0 saturated carbocycles. The van der Waals surface area contributed by atoms with E-state index < -0.39 is 5.41 Å². The van der Waals surface area contributed by atoms with Gasteiger partial charge in [-0.1, -0.05) is 36.4 Å². The number of carbonyl (C=O) groups excluding carboxylic acids is 1. The third-order valence-electron chi connectivity index (χ3n) is 3.62. The molecule has 0 spiro atoms. The zero-order valence-corrected chi connectivity index (χ0v) is 14.9. The number of hydroxylamine groups is 1. The summed E-state index contributed by atoms with van der Waals surface area (Å²) in [4.78, 5) is 16.8. The number of rotatable bonds is 7. The Labute approximate surface area is 148 Å². The van der Waals surface area contributed by atoms with Crippen LogP contribution in [0.3, 0.4) is 0 Å². The molecule has 0 radical (unpaired) electrons. The van der Waals surface area contributed by atoms with Crippen LogP contribution in [0.4, 0.5) is 4.39 Å². The summed E-state index contributed by atoms with van der Waals surface area (Å²) in [6, 6.07) is 14.5. The Morgan fingerprint density at radius 3 is 2.20 bits per heavy atom. The highest BCUT2D eigenvalue weighted by Gasteiger charge is 2.23. The summed E-state index contributed by atoms with van der Waals surface area (Å²) >= 11 is 0. The van der Waals surface area contributed by atoms with E-state index in [2.05, 4.69) is 16.9 Å². The number of hydrogen-bond acceptors (Lipinski definition) is 4. The van der Waals surface area contributed by atoms with E-state index in [9.17, 15) is 9.18 Å². The Bertz CT molecular complexity index is 694. The van der Waals surface area contributed by atoms with Crippen molar-refractivity contribution in [1.29, 1.82) is 0 Å². The number of carbonyl (C=O) groups is 1. The van der Waals surface area contributed by atoms with E-state index >= 15 is 0 Å². The highest BCUT2D eigenvalue weighted by atomic mass is 19.1. The molecule has 0 fully saturated rings. The van der Waals surface area contributed by atoms with Crippen molar-refractivity contribution >= 4 is 5.97 Å². The van der Waals surface area contributed by atoms with Gasteiger partial charge in [0.1, 0.15) is 5.82 Å². The Morgan fingerprint density at radius 1 is 0.960 bits per heavy atom. The lowest BCUT2D eigenvalue weighted by atomic mass is 9.98. The summed E-state index contributed by atoms with van der Waals surface area (Å²) in [5, 5.41) is 3.33. The summed E-state index contributed by atoms with van der Waals surface area (Å²) in [6.45, 7) is 7.26. The third-order valence-corrected chi connectivity index (χ3v) is 3.62. The van der Waals surface area contributed by atoms with Gasteiger partial charge in [0.05, 0.1) is 12.0 Å². The molecule has 0 aliphatic heterocycles. The van der Waals surface area contributed by atoms with Gasteiger partial charge >= 0.3 is 5.97 Å². The maximum atomic E-state index is 12.9. The molecule has 0 bridgehead atoms. The maximum absolute atomic E-state index is 12.9. The van der Waals surface area contributed by atoms with Gasteiger partial charge in [0.25, 0.3) is 0 Å². The SMILES string of the molecule is CC(C)(C)C(=O)ONCc1cccc(CNCc2ccc(F)cc2)c1. The van der Waals surface area contributed by atoms with Crippen LogP contribution in [0.2, 0.25) is 0 Å². The molecule has 0 saturated heterocycles. The largest absolute Gasteiger partial charge is 0.370 e. The lowest BCUT2D eigenvalue weighted by Gasteiger charge is -2.16. The van der Waals surface area contributed by atoms with Crippen molar-refractivity contribution in [3.63, 3.8) is 0 Å². The molecule has 0 atom stereocenters. The molecule has 0 amide bonds. The van der Waals surface area contributed by atoms with Gasteiger partial charge < -0.3 is 10.2 Å². The summed E-state index contributed by atoms with van der Waals surface area (Å²) in [5.41, 5.74) is 5.38. The van der Waals surface area contributed by atoms with Gasteiger partial charge in [-0.3, -0.25) is 0 Å². The number of halogens is 1. The Morgan fingerprint density at radius 2 is 1.56 bits per heavy atom. The molecule has 5 heteroatoms. The van der Waals surface area contributed by atoms with Crippen LogP contribution in [0.25, 0.3) is 0 Å². The van der Waals surface area contributed by atoms with Crippen LogP contribution in [-0.4, -0.2) is 5.97 Å². The van der Waals surface area contributed by atoms with Gasteiger partial charge in [-0.15, -0.1) is 5.48 Å². The lowest BCUT2D eigenvalue weighted by Crippen LogP contribution is -2.29. The van der Waals surface area contributed by atoms with Crippen LogP contribution in [0.1, 0.15) is 37.5 Å². The molecular weight excluding hydrogens is 319 g/mol. The van der Waals surface area contributed by atoms with Crippen LogP contribution in [0, 0.1) is 11.2 Å².